The van der Waals surface area contributed by atoms with Gasteiger partial charge in [0.15, 0.2) is 5.78 Å². The third-order valence-electron chi connectivity index (χ3n) is 2.69. The van der Waals surface area contributed by atoms with E-state index in [1.807, 2.05) is 55.0 Å². The predicted octanol–water partition coefficient (Wildman–Crippen LogP) is 1.25. The van der Waals surface area contributed by atoms with Gasteiger partial charge in [-0.15, -0.1) is 0 Å². The third-order valence-corrected chi connectivity index (χ3v) is 2.69. The number of aryl methyl sites for hydroxylation is 1. The average molecular weight is 231 g/mol. The van der Waals surface area contributed by atoms with Gasteiger partial charge in [0, 0.05) is 12.4 Å². The average Bonchev–Trinajstić information content (AvgIpc) is 2.55. The Balaban J connectivity index is 2.27. The highest BCUT2D eigenvalue weighted by Crippen LogP contribution is 2.17. The molecule has 0 atom stereocenters. The van der Waals surface area contributed by atoms with Gasteiger partial charge in [0.25, 0.3) is 0 Å². The molecule has 90 valence electrons. The van der Waals surface area contributed by atoms with Gasteiger partial charge in [-0.3, -0.25) is 9.48 Å². The first-order valence-corrected chi connectivity index (χ1v) is 5.65. The van der Waals surface area contributed by atoms with Crippen LogP contribution in [0.4, 0.5) is 0 Å². The monoisotopic (exact) mass is 231 g/mol. The molecule has 2 rings (SSSR count). The number of carbonyl (C=O) groups is 1. The number of hydrogen-bond donors (Lipinski definition) is 0. The highest BCUT2D eigenvalue weighted by Gasteiger charge is 2.12. The van der Waals surface area contributed by atoms with E-state index in [-0.39, 0.29) is 5.78 Å². The van der Waals surface area contributed by atoms with E-state index in [2.05, 4.69) is 5.10 Å². The number of aromatic nitrogens is 2. The highest BCUT2D eigenvalue weighted by atomic mass is 16.1. The molecular formula is C13H17N3O. The molecule has 17 heavy (non-hydrogen) atoms. The van der Waals surface area contributed by atoms with Gasteiger partial charge >= 0.3 is 0 Å². The molecule has 0 aliphatic heterocycles. The maximum atomic E-state index is 11.8. The summed E-state index contributed by atoms with van der Waals surface area (Å²) in [4.78, 5) is 13.7. The van der Waals surface area contributed by atoms with E-state index in [0.717, 1.165) is 16.6 Å². The van der Waals surface area contributed by atoms with Crippen LogP contribution >= 0.6 is 0 Å². The molecule has 2 aromatic rings. The summed E-state index contributed by atoms with van der Waals surface area (Å²) >= 11 is 0. The first kappa shape index (κ1) is 11.8. The molecule has 1 heterocycles. The molecule has 1 aromatic carbocycles. The minimum atomic E-state index is 0.193. The fourth-order valence-electron chi connectivity index (χ4n) is 2.01. The van der Waals surface area contributed by atoms with Gasteiger partial charge in [-0.05, 0) is 20.2 Å². The van der Waals surface area contributed by atoms with Crippen molar-refractivity contribution in [2.24, 2.45) is 7.05 Å². The van der Waals surface area contributed by atoms with E-state index < -0.39 is 0 Å². The van der Waals surface area contributed by atoms with E-state index >= 15 is 0 Å². The zero-order valence-corrected chi connectivity index (χ0v) is 10.5. The number of nitrogens with zero attached hydrogens (tertiary/aromatic N) is 3. The van der Waals surface area contributed by atoms with Crippen molar-refractivity contribution in [2.45, 2.75) is 6.42 Å². The van der Waals surface area contributed by atoms with Crippen LogP contribution in [0.3, 0.4) is 0 Å². The molecule has 0 unspecified atom stereocenters. The van der Waals surface area contributed by atoms with Crippen LogP contribution in [0.25, 0.3) is 10.9 Å². The van der Waals surface area contributed by atoms with E-state index in [0.29, 0.717) is 13.0 Å². The van der Waals surface area contributed by atoms with Gasteiger partial charge in [0.1, 0.15) is 0 Å². The zero-order chi connectivity index (χ0) is 12.4. The number of fused-ring (bicyclic) bond motifs is 1. The van der Waals surface area contributed by atoms with Gasteiger partial charge in [0.2, 0.25) is 0 Å². The Morgan fingerprint density at radius 2 is 2.06 bits per heavy atom. The lowest BCUT2D eigenvalue weighted by Crippen LogP contribution is -2.23. The predicted molar refractivity (Wildman–Crippen MR) is 68.0 cm³/mol. The van der Waals surface area contributed by atoms with Crippen molar-refractivity contribution in [3.05, 3.63) is 30.0 Å². The number of likely N-dealkylation sites (N-methyl/N-ethyl adjacent to an activating group) is 1. The van der Waals surface area contributed by atoms with Gasteiger partial charge in [-0.25, -0.2) is 0 Å². The Kier molecular flexibility index (Phi) is 3.24. The molecule has 0 fully saturated rings. The Bertz CT molecular complexity index is 543. The van der Waals surface area contributed by atoms with Crippen molar-refractivity contribution >= 4 is 16.7 Å². The van der Waals surface area contributed by atoms with Crippen LogP contribution in [-0.2, 0) is 18.3 Å². The molecule has 0 bridgehead atoms. The quantitative estimate of drug-likeness (QED) is 0.794. The zero-order valence-electron chi connectivity index (χ0n) is 10.5. The fraction of sp³-hybridized carbons (Fsp3) is 0.385. The number of ketones is 1. The molecule has 0 aliphatic carbocycles. The van der Waals surface area contributed by atoms with Gasteiger partial charge in [-0.2, -0.15) is 5.10 Å². The van der Waals surface area contributed by atoms with Crippen LogP contribution in [-0.4, -0.2) is 41.1 Å². The van der Waals surface area contributed by atoms with Gasteiger partial charge in [0.05, 0.1) is 24.2 Å². The summed E-state index contributed by atoms with van der Waals surface area (Å²) in [6.07, 6.45) is 0.402. The van der Waals surface area contributed by atoms with E-state index in [9.17, 15) is 4.79 Å². The molecular weight excluding hydrogens is 214 g/mol. The Morgan fingerprint density at radius 3 is 2.76 bits per heavy atom. The van der Waals surface area contributed by atoms with Crippen molar-refractivity contribution in [3.8, 4) is 0 Å². The Morgan fingerprint density at radius 1 is 1.35 bits per heavy atom. The molecule has 4 nitrogen and oxygen atoms in total. The molecule has 4 heteroatoms. The summed E-state index contributed by atoms with van der Waals surface area (Å²) in [7, 11) is 5.70. The number of carbonyl (C=O) groups excluding carboxylic acids is 1. The number of benzene rings is 1. The van der Waals surface area contributed by atoms with E-state index in [1.54, 1.807) is 0 Å². The molecule has 0 saturated carbocycles. The van der Waals surface area contributed by atoms with Crippen molar-refractivity contribution in [1.29, 1.82) is 0 Å². The SMILES string of the molecule is CN(C)CC(=O)Cc1nn(C)c2ccccc12. The largest absolute Gasteiger partial charge is 0.302 e. The highest BCUT2D eigenvalue weighted by molar-refractivity contribution is 5.89. The first-order chi connectivity index (χ1) is 8.08. The van der Waals surface area contributed by atoms with E-state index in [4.69, 9.17) is 0 Å². The second kappa shape index (κ2) is 4.67. The number of hydrogen-bond acceptors (Lipinski definition) is 3. The van der Waals surface area contributed by atoms with Crippen LogP contribution in [0.15, 0.2) is 24.3 Å². The summed E-state index contributed by atoms with van der Waals surface area (Å²) in [5.74, 6) is 0.193. The molecule has 0 saturated heterocycles. The summed E-state index contributed by atoms with van der Waals surface area (Å²) < 4.78 is 1.83. The molecule has 0 spiro atoms. The second-order valence-electron chi connectivity index (χ2n) is 4.54. The normalized spacial score (nSPS) is 11.3. The number of rotatable bonds is 4. The molecule has 0 N–H and O–H groups in total. The maximum Gasteiger partial charge on any atom is 0.152 e. The minimum Gasteiger partial charge on any atom is -0.302 e. The van der Waals surface area contributed by atoms with Crippen LogP contribution in [0.1, 0.15) is 5.69 Å². The first-order valence-electron chi connectivity index (χ1n) is 5.65. The van der Waals surface area contributed by atoms with Crippen molar-refractivity contribution < 1.29 is 4.79 Å². The maximum absolute atomic E-state index is 11.8. The molecule has 1 aromatic heterocycles. The van der Waals surface area contributed by atoms with Crippen molar-refractivity contribution in [2.75, 3.05) is 20.6 Å². The van der Waals surface area contributed by atoms with Gasteiger partial charge < -0.3 is 4.90 Å². The van der Waals surface area contributed by atoms with Crippen LogP contribution in [0, 0.1) is 0 Å². The van der Waals surface area contributed by atoms with Crippen LogP contribution in [0.5, 0.6) is 0 Å². The topological polar surface area (TPSA) is 38.1 Å². The smallest absolute Gasteiger partial charge is 0.152 e. The van der Waals surface area contributed by atoms with Crippen molar-refractivity contribution in [1.82, 2.24) is 14.7 Å². The summed E-state index contributed by atoms with van der Waals surface area (Å²) in [5, 5.41) is 5.49. The van der Waals surface area contributed by atoms with Crippen molar-refractivity contribution in [3.63, 3.8) is 0 Å². The summed E-state index contributed by atoms with van der Waals surface area (Å²) in [5.41, 5.74) is 1.94. The lowest BCUT2D eigenvalue weighted by atomic mass is 10.1. The number of para-hydroxylation sites is 1. The summed E-state index contributed by atoms with van der Waals surface area (Å²) in [6.45, 7) is 0.463. The lowest BCUT2D eigenvalue weighted by molar-refractivity contribution is -0.119. The van der Waals surface area contributed by atoms with Crippen LogP contribution in [0.2, 0.25) is 0 Å². The molecule has 0 amide bonds. The second-order valence-corrected chi connectivity index (χ2v) is 4.54. The lowest BCUT2D eigenvalue weighted by Gasteiger charge is -2.06. The molecule has 0 aliphatic rings. The standard InChI is InChI=1S/C13H17N3O/c1-15(2)9-10(17)8-12-11-6-4-5-7-13(11)16(3)14-12/h4-7H,8-9H2,1-3H3. The van der Waals surface area contributed by atoms with E-state index in [1.165, 1.54) is 0 Å². The summed E-state index contributed by atoms with van der Waals surface area (Å²) in [6, 6.07) is 7.99. The van der Waals surface area contributed by atoms with Crippen LogP contribution < -0.4 is 0 Å². The number of Topliss-reactive ketones (excluding diaryl/α,β-unsaturated/α-hetero) is 1. The fourth-order valence-corrected chi connectivity index (χ4v) is 2.01. The molecule has 0 radical (unpaired) electrons. The minimum absolute atomic E-state index is 0.193. The Hall–Kier alpha value is -1.68. The third kappa shape index (κ3) is 2.53. The Labute approximate surface area is 101 Å². The van der Waals surface area contributed by atoms with Gasteiger partial charge in [-0.1, -0.05) is 18.2 Å².